The van der Waals surface area contributed by atoms with Crippen molar-refractivity contribution in [3.8, 4) is 11.1 Å². The maximum absolute atomic E-state index is 13.1. The summed E-state index contributed by atoms with van der Waals surface area (Å²) in [4.78, 5) is 23.1. The van der Waals surface area contributed by atoms with Crippen LogP contribution in [0.2, 0.25) is 0 Å². The van der Waals surface area contributed by atoms with Gasteiger partial charge in [0.05, 0.1) is 15.9 Å². The SMILES string of the molecule is O=C(NS(=O)(=O)c1ccc(NC[C@@H]2CCCC[C@H]2O)c([N+](=O)[O-])c1)c1ccc(-c2ccc(F)cc2)cc1. The van der Waals surface area contributed by atoms with Crippen molar-refractivity contribution in [1.82, 2.24) is 4.72 Å². The minimum atomic E-state index is -4.41. The molecule has 0 aliphatic heterocycles. The number of carbonyl (C=O) groups is 1. The maximum Gasteiger partial charge on any atom is 0.293 e. The summed E-state index contributed by atoms with van der Waals surface area (Å²) in [6, 6.07) is 15.2. The minimum Gasteiger partial charge on any atom is -0.393 e. The fraction of sp³-hybridized carbons (Fsp3) is 0.269. The van der Waals surface area contributed by atoms with Crippen LogP contribution in [0.5, 0.6) is 0 Å². The summed E-state index contributed by atoms with van der Waals surface area (Å²) in [5.41, 5.74) is 1.17. The van der Waals surface area contributed by atoms with Crippen LogP contribution in [0.4, 0.5) is 15.8 Å². The third-order valence-electron chi connectivity index (χ3n) is 6.45. The molecule has 0 aromatic heterocycles. The zero-order valence-corrected chi connectivity index (χ0v) is 20.6. The predicted octanol–water partition coefficient (Wildman–Crippen LogP) is 4.48. The molecular formula is C26H26FN3O6S. The smallest absolute Gasteiger partial charge is 0.293 e. The summed E-state index contributed by atoms with van der Waals surface area (Å²) >= 11 is 0. The molecule has 0 radical (unpaired) electrons. The molecule has 37 heavy (non-hydrogen) atoms. The van der Waals surface area contributed by atoms with Crippen LogP contribution in [0.3, 0.4) is 0 Å². The number of sulfonamides is 1. The highest BCUT2D eigenvalue weighted by atomic mass is 32.2. The number of halogens is 1. The lowest BCUT2D eigenvalue weighted by molar-refractivity contribution is -0.384. The van der Waals surface area contributed by atoms with E-state index in [1.165, 1.54) is 36.4 Å². The van der Waals surface area contributed by atoms with E-state index in [1.54, 1.807) is 24.3 Å². The molecule has 1 fully saturated rings. The standard InChI is InChI=1S/C26H26FN3O6S/c27-21-11-9-18(10-12-21)17-5-7-19(8-6-17)26(32)29-37(35,36)22-13-14-23(24(15-22)30(33)34)28-16-20-3-1-2-4-25(20)31/h5-15,20,25,28,31H,1-4,16H2,(H,29,32)/t20-,25+/m0/s1. The molecule has 3 aromatic rings. The van der Waals surface area contributed by atoms with Gasteiger partial charge in [-0.1, -0.05) is 37.1 Å². The van der Waals surface area contributed by atoms with E-state index in [-0.39, 0.29) is 23.0 Å². The number of aliphatic hydroxyl groups excluding tert-OH is 1. The number of nitrogens with zero attached hydrogens (tertiary/aromatic N) is 1. The highest BCUT2D eigenvalue weighted by molar-refractivity contribution is 7.90. The fourth-order valence-electron chi connectivity index (χ4n) is 4.34. The minimum absolute atomic E-state index is 0.0505. The van der Waals surface area contributed by atoms with Gasteiger partial charge in [0, 0.05) is 24.1 Å². The van der Waals surface area contributed by atoms with E-state index in [4.69, 9.17) is 0 Å². The number of carbonyl (C=O) groups excluding carboxylic acids is 1. The molecule has 0 bridgehead atoms. The largest absolute Gasteiger partial charge is 0.393 e. The summed E-state index contributed by atoms with van der Waals surface area (Å²) in [5.74, 6) is -1.33. The normalized spacial score (nSPS) is 17.7. The number of amides is 1. The summed E-state index contributed by atoms with van der Waals surface area (Å²) in [7, 11) is -4.41. The molecule has 0 spiro atoms. The number of aliphatic hydroxyl groups is 1. The van der Waals surface area contributed by atoms with Crippen LogP contribution in [-0.2, 0) is 10.0 Å². The molecule has 3 N–H and O–H groups in total. The van der Waals surface area contributed by atoms with Crippen LogP contribution in [0, 0.1) is 21.8 Å². The van der Waals surface area contributed by atoms with Crippen molar-refractivity contribution < 1.29 is 27.6 Å². The number of nitrogens with one attached hydrogen (secondary N) is 2. The van der Waals surface area contributed by atoms with Gasteiger partial charge in [0.1, 0.15) is 11.5 Å². The predicted molar refractivity (Wildman–Crippen MR) is 136 cm³/mol. The molecule has 3 aromatic carbocycles. The zero-order valence-electron chi connectivity index (χ0n) is 19.8. The van der Waals surface area contributed by atoms with Crippen LogP contribution in [-0.4, -0.2) is 37.0 Å². The van der Waals surface area contributed by atoms with Crippen LogP contribution in [0.1, 0.15) is 36.0 Å². The molecule has 2 atom stereocenters. The van der Waals surface area contributed by atoms with E-state index >= 15 is 0 Å². The zero-order chi connectivity index (χ0) is 26.6. The van der Waals surface area contributed by atoms with E-state index in [9.17, 15) is 32.8 Å². The number of benzene rings is 3. The van der Waals surface area contributed by atoms with Gasteiger partial charge in [-0.15, -0.1) is 0 Å². The van der Waals surface area contributed by atoms with Crippen molar-refractivity contribution in [2.24, 2.45) is 5.92 Å². The quantitative estimate of drug-likeness (QED) is 0.290. The molecular weight excluding hydrogens is 501 g/mol. The average Bonchev–Trinajstić information content (AvgIpc) is 2.88. The Kier molecular flexibility index (Phi) is 7.84. The fourth-order valence-corrected chi connectivity index (χ4v) is 5.34. The Morgan fingerprint density at radius 3 is 2.24 bits per heavy atom. The van der Waals surface area contributed by atoms with Gasteiger partial charge in [0.25, 0.3) is 21.6 Å². The first-order valence-electron chi connectivity index (χ1n) is 11.8. The highest BCUT2D eigenvalue weighted by Crippen LogP contribution is 2.30. The molecule has 1 aliphatic carbocycles. The van der Waals surface area contributed by atoms with Gasteiger partial charge in [-0.25, -0.2) is 17.5 Å². The molecule has 194 valence electrons. The lowest BCUT2D eigenvalue weighted by Crippen LogP contribution is -2.31. The Balaban J connectivity index is 1.47. The number of anilines is 1. The molecule has 9 nitrogen and oxygen atoms in total. The van der Waals surface area contributed by atoms with E-state index in [2.05, 4.69) is 5.32 Å². The lowest BCUT2D eigenvalue weighted by atomic mass is 9.86. The number of hydrogen-bond acceptors (Lipinski definition) is 7. The maximum atomic E-state index is 13.1. The van der Waals surface area contributed by atoms with Gasteiger partial charge in [-0.3, -0.25) is 14.9 Å². The Labute approximate surface area is 213 Å². The van der Waals surface area contributed by atoms with Crippen molar-refractivity contribution in [3.63, 3.8) is 0 Å². The molecule has 0 heterocycles. The van der Waals surface area contributed by atoms with Gasteiger partial charge in [0.15, 0.2) is 0 Å². The lowest BCUT2D eigenvalue weighted by Gasteiger charge is -2.27. The number of nitro benzene ring substituents is 1. The molecule has 1 aliphatic rings. The molecule has 4 rings (SSSR count). The van der Waals surface area contributed by atoms with Crippen molar-refractivity contribution >= 4 is 27.3 Å². The van der Waals surface area contributed by atoms with Gasteiger partial charge in [-0.2, -0.15) is 0 Å². The second-order valence-electron chi connectivity index (χ2n) is 8.95. The first-order chi connectivity index (χ1) is 17.6. The Hall–Kier alpha value is -3.83. The Bertz CT molecular complexity index is 1390. The topological polar surface area (TPSA) is 139 Å². The molecule has 0 saturated heterocycles. The molecule has 1 amide bonds. The number of nitro groups is 1. The molecule has 1 saturated carbocycles. The van der Waals surface area contributed by atoms with Crippen molar-refractivity contribution in [2.75, 3.05) is 11.9 Å². The van der Waals surface area contributed by atoms with E-state index in [0.717, 1.165) is 30.9 Å². The second kappa shape index (κ2) is 11.1. The average molecular weight is 528 g/mol. The van der Waals surface area contributed by atoms with Crippen molar-refractivity contribution in [2.45, 2.75) is 36.7 Å². The Morgan fingerprint density at radius 2 is 1.62 bits per heavy atom. The first kappa shape index (κ1) is 26.2. The highest BCUT2D eigenvalue weighted by Gasteiger charge is 2.26. The van der Waals surface area contributed by atoms with E-state index in [0.29, 0.717) is 18.5 Å². The third kappa shape index (κ3) is 6.30. The first-order valence-corrected chi connectivity index (χ1v) is 13.3. The second-order valence-corrected chi connectivity index (χ2v) is 10.6. The summed E-state index contributed by atoms with van der Waals surface area (Å²) in [6.07, 6.45) is 2.90. The van der Waals surface area contributed by atoms with Gasteiger partial charge < -0.3 is 10.4 Å². The Morgan fingerprint density at radius 1 is 1.00 bits per heavy atom. The summed E-state index contributed by atoms with van der Waals surface area (Å²) < 4.78 is 40.7. The van der Waals surface area contributed by atoms with Crippen molar-refractivity contribution in [1.29, 1.82) is 0 Å². The van der Waals surface area contributed by atoms with Gasteiger partial charge in [-0.05, 0) is 60.4 Å². The monoisotopic (exact) mass is 527 g/mol. The molecule has 11 heteroatoms. The van der Waals surface area contributed by atoms with Crippen LogP contribution in [0.25, 0.3) is 11.1 Å². The summed E-state index contributed by atoms with van der Waals surface area (Å²) in [6.45, 7) is 0.318. The van der Waals surface area contributed by atoms with Crippen LogP contribution in [0.15, 0.2) is 71.6 Å². The van der Waals surface area contributed by atoms with Gasteiger partial charge in [0.2, 0.25) is 0 Å². The van der Waals surface area contributed by atoms with E-state index < -0.39 is 37.5 Å². The third-order valence-corrected chi connectivity index (χ3v) is 7.78. The number of hydrogen-bond donors (Lipinski definition) is 3. The molecule has 0 unspecified atom stereocenters. The summed E-state index contributed by atoms with van der Waals surface area (Å²) in [5, 5.41) is 24.7. The van der Waals surface area contributed by atoms with Crippen LogP contribution < -0.4 is 10.0 Å². The van der Waals surface area contributed by atoms with Crippen LogP contribution >= 0.6 is 0 Å². The van der Waals surface area contributed by atoms with Gasteiger partial charge >= 0.3 is 0 Å². The van der Waals surface area contributed by atoms with Crippen molar-refractivity contribution in [3.05, 3.63) is 88.2 Å². The van der Waals surface area contributed by atoms with E-state index in [1.807, 2.05) is 4.72 Å². The number of rotatable bonds is 8.